The second-order valence-electron chi connectivity index (χ2n) is 7.32. The number of nitrogens with zero attached hydrogens (tertiary/aromatic N) is 4. The van der Waals surface area contributed by atoms with Crippen molar-refractivity contribution in [2.75, 3.05) is 5.32 Å². The molecule has 0 saturated heterocycles. The number of aromatic nitrogens is 4. The van der Waals surface area contributed by atoms with Crippen LogP contribution in [0.15, 0.2) is 91.3 Å². The Labute approximate surface area is 184 Å². The van der Waals surface area contributed by atoms with Gasteiger partial charge in [-0.25, -0.2) is 9.97 Å². The molecule has 5 aromatic rings. The van der Waals surface area contributed by atoms with Gasteiger partial charge in [-0.3, -0.25) is 14.7 Å². The predicted octanol–water partition coefficient (Wildman–Crippen LogP) is 4.59. The van der Waals surface area contributed by atoms with Crippen LogP contribution >= 0.6 is 0 Å². The van der Waals surface area contributed by atoms with E-state index in [0.717, 1.165) is 22.5 Å². The van der Waals surface area contributed by atoms with Gasteiger partial charge in [-0.2, -0.15) is 0 Å². The maximum absolute atomic E-state index is 13.0. The van der Waals surface area contributed by atoms with Crippen LogP contribution in [0.5, 0.6) is 5.75 Å². The zero-order chi connectivity index (χ0) is 21.9. The first-order valence-electron chi connectivity index (χ1n) is 10.2. The zero-order valence-corrected chi connectivity index (χ0v) is 17.5. The van der Waals surface area contributed by atoms with Gasteiger partial charge in [-0.1, -0.05) is 30.3 Å². The van der Waals surface area contributed by atoms with E-state index in [0.29, 0.717) is 23.9 Å². The molecule has 0 atom stereocenters. The lowest BCUT2D eigenvalue weighted by Crippen LogP contribution is -2.15. The van der Waals surface area contributed by atoms with Crippen LogP contribution in [-0.4, -0.2) is 25.0 Å². The number of para-hydroxylation sites is 3. The van der Waals surface area contributed by atoms with Crippen molar-refractivity contribution in [3.8, 4) is 11.4 Å². The van der Waals surface area contributed by atoms with Crippen molar-refractivity contribution in [1.82, 2.24) is 19.1 Å². The van der Waals surface area contributed by atoms with Gasteiger partial charge < -0.3 is 9.30 Å². The number of fused-ring (bicyclic) bond motifs is 1. The van der Waals surface area contributed by atoms with Gasteiger partial charge in [-0.15, -0.1) is 0 Å². The van der Waals surface area contributed by atoms with E-state index in [9.17, 15) is 4.79 Å². The number of carbonyl (C=O) groups excluding carboxylic acids is 1. The number of anilines is 1. The number of hydrogen-bond acceptors (Lipinski definition) is 4. The Morgan fingerprint density at radius 1 is 0.969 bits per heavy atom. The number of ether oxygens (including phenoxy) is 1. The Bertz CT molecular complexity index is 1370. The topological polar surface area (TPSA) is 74.0 Å². The summed E-state index contributed by atoms with van der Waals surface area (Å²) < 4.78 is 9.62. The molecule has 0 unspecified atom stereocenters. The van der Waals surface area contributed by atoms with Gasteiger partial charge in [0, 0.05) is 30.7 Å². The first-order chi connectivity index (χ1) is 15.7. The molecule has 0 aliphatic carbocycles. The zero-order valence-electron chi connectivity index (χ0n) is 17.5. The van der Waals surface area contributed by atoms with Gasteiger partial charge in [0.2, 0.25) is 5.95 Å². The monoisotopic (exact) mass is 423 g/mol. The number of imidazole rings is 2. The quantitative estimate of drug-likeness (QED) is 0.434. The summed E-state index contributed by atoms with van der Waals surface area (Å²) in [6, 6.07) is 24.7. The fourth-order valence-electron chi connectivity index (χ4n) is 3.51. The predicted molar refractivity (Wildman–Crippen MR) is 123 cm³/mol. The van der Waals surface area contributed by atoms with Crippen molar-refractivity contribution in [3.63, 3.8) is 0 Å². The van der Waals surface area contributed by atoms with Crippen LogP contribution < -0.4 is 10.1 Å². The molecule has 0 spiro atoms. The third-order valence-corrected chi connectivity index (χ3v) is 5.21. The van der Waals surface area contributed by atoms with E-state index < -0.39 is 0 Å². The number of carbonyl (C=O) groups is 1. The molecule has 7 heteroatoms. The number of hydrogen-bond donors (Lipinski definition) is 1. The number of amides is 1. The van der Waals surface area contributed by atoms with Crippen LogP contribution in [0.1, 0.15) is 16.2 Å². The highest BCUT2D eigenvalue weighted by molar-refractivity contribution is 6.04. The highest BCUT2D eigenvalue weighted by atomic mass is 16.5. The largest absolute Gasteiger partial charge is 0.486 e. The third kappa shape index (κ3) is 3.83. The van der Waals surface area contributed by atoms with Crippen LogP contribution in [0, 0.1) is 0 Å². The standard InChI is InChI=1S/C25H21N5O2/c1-29-16-15-26-23(29)17-32-20-13-11-18(12-14-20)24(31)28-25-27-21-9-5-6-10-22(21)30(25)19-7-3-2-4-8-19/h2-16H,17H2,1H3,(H,27,28,31). The minimum Gasteiger partial charge on any atom is -0.486 e. The van der Waals surface area contributed by atoms with Crippen molar-refractivity contribution in [3.05, 3.63) is 103 Å². The van der Waals surface area contributed by atoms with E-state index in [1.54, 1.807) is 30.5 Å². The minimum atomic E-state index is -0.242. The molecule has 0 aliphatic heterocycles. The lowest BCUT2D eigenvalue weighted by molar-refractivity contribution is 0.102. The van der Waals surface area contributed by atoms with Crippen molar-refractivity contribution in [2.24, 2.45) is 7.05 Å². The van der Waals surface area contributed by atoms with E-state index in [2.05, 4.69) is 15.3 Å². The molecule has 1 N–H and O–H groups in total. The summed E-state index contributed by atoms with van der Waals surface area (Å²) in [4.78, 5) is 21.8. The molecule has 0 saturated carbocycles. The van der Waals surface area contributed by atoms with Gasteiger partial charge in [0.05, 0.1) is 11.0 Å². The Kier molecular flexibility index (Phi) is 5.13. The molecule has 1 amide bonds. The van der Waals surface area contributed by atoms with Crippen LogP contribution in [0.4, 0.5) is 5.95 Å². The Morgan fingerprint density at radius 2 is 1.72 bits per heavy atom. The first kappa shape index (κ1) is 19.6. The number of benzene rings is 3. The molecule has 7 nitrogen and oxygen atoms in total. The highest BCUT2D eigenvalue weighted by Crippen LogP contribution is 2.25. The van der Waals surface area contributed by atoms with E-state index in [-0.39, 0.29) is 5.91 Å². The summed E-state index contributed by atoms with van der Waals surface area (Å²) in [6.45, 7) is 0.357. The fourth-order valence-corrected chi connectivity index (χ4v) is 3.51. The van der Waals surface area contributed by atoms with Gasteiger partial charge >= 0.3 is 0 Å². The molecular formula is C25H21N5O2. The maximum atomic E-state index is 13.0. The molecule has 0 aliphatic rings. The second kappa shape index (κ2) is 8.39. The molecule has 5 rings (SSSR count). The molecule has 0 fully saturated rings. The van der Waals surface area contributed by atoms with Crippen molar-refractivity contribution >= 4 is 22.9 Å². The molecule has 2 aromatic heterocycles. The number of nitrogens with one attached hydrogen (secondary N) is 1. The smallest absolute Gasteiger partial charge is 0.257 e. The van der Waals surface area contributed by atoms with Crippen LogP contribution in [0.25, 0.3) is 16.7 Å². The average molecular weight is 423 g/mol. The minimum absolute atomic E-state index is 0.242. The number of aryl methyl sites for hydroxylation is 1. The summed E-state index contributed by atoms with van der Waals surface area (Å²) >= 11 is 0. The molecule has 32 heavy (non-hydrogen) atoms. The average Bonchev–Trinajstić information content (AvgIpc) is 3.41. The Balaban J connectivity index is 1.36. The molecule has 2 heterocycles. The molecule has 3 aromatic carbocycles. The van der Waals surface area contributed by atoms with Crippen LogP contribution in [-0.2, 0) is 13.7 Å². The summed E-state index contributed by atoms with van der Waals surface area (Å²) in [5.74, 6) is 1.72. The van der Waals surface area contributed by atoms with Gasteiger partial charge in [0.1, 0.15) is 18.2 Å². The normalized spacial score (nSPS) is 10.9. The lowest BCUT2D eigenvalue weighted by Gasteiger charge is -2.11. The molecule has 0 bridgehead atoms. The highest BCUT2D eigenvalue weighted by Gasteiger charge is 2.15. The second-order valence-corrected chi connectivity index (χ2v) is 7.32. The van der Waals surface area contributed by atoms with E-state index in [1.807, 2.05) is 77.0 Å². The van der Waals surface area contributed by atoms with Gasteiger partial charge in [0.15, 0.2) is 0 Å². The van der Waals surface area contributed by atoms with Gasteiger partial charge in [-0.05, 0) is 48.5 Å². The van der Waals surface area contributed by atoms with E-state index in [4.69, 9.17) is 4.74 Å². The Hall–Kier alpha value is -4.39. The van der Waals surface area contributed by atoms with Crippen molar-refractivity contribution in [2.45, 2.75) is 6.61 Å². The number of rotatable bonds is 6. The van der Waals surface area contributed by atoms with E-state index in [1.165, 1.54) is 0 Å². The molecule has 0 radical (unpaired) electrons. The van der Waals surface area contributed by atoms with Gasteiger partial charge in [0.25, 0.3) is 5.91 Å². The lowest BCUT2D eigenvalue weighted by atomic mass is 10.2. The third-order valence-electron chi connectivity index (χ3n) is 5.21. The van der Waals surface area contributed by atoms with Crippen LogP contribution in [0.2, 0.25) is 0 Å². The first-order valence-corrected chi connectivity index (χ1v) is 10.2. The van der Waals surface area contributed by atoms with Crippen molar-refractivity contribution < 1.29 is 9.53 Å². The summed E-state index contributed by atoms with van der Waals surface area (Å²) in [5, 5.41) is 2.95. The Morgan fingerprint density at radius 3 is 2.47 bits per heavy atom. The SMILES string of the molecule is Cn1ccnc1COc1ccc(C(=O)Nc2nc3ccccc3n2-c2ccccc2)cc1. The molecule has 158 valence electrons. The summed E-state index contributed by atoms with van der Waals surface area (Å²) in [7, 11) is 1.92. The molecular weight excluding hydrogens is 402 g/mol. The van der Waals surface area contributed by atoms with Crippen molar-refractivity contribution in [1.29, 1.82) is 0 Å². The summed E-state index contributed by atoms with van der Waals surface area (Å²) in [5.41, 5.74) is 3.17. The fraction of sp³-hybridized carbons (Fsp3) is 0.0800. The summed E-state index contributed by atoms with van der Waals surface area (Å²) in [6.07, 6.45) is 3.60. The van der Waals surface area contributed by atoms with E-state index >= 15 is 0 Å². The van der Waals surface area contributed by atoms with Crippen LogP contribution in [0.3, 0.4) is 0 Å². The maximum Gasteiger partial charge on any atom is 0.257 e.